The molecule has 1 N–H and O–H groups in total. The van der Waals surface area contributed by atoms with E-state index in [1.165, 1.54) is 5.56 Å². The lowest BCUT2D eigenvalue weighted by atomic mass is 10.1. The predicted molar refractivity (Wildman–Crippen MR) is 127 cm³/mol. The molecule has 0 aliphatic rings. The number of halogens is 1. The van der Waals surface area contributed by atoms with Crippen molar-refractivity contribution in [3.63, 3.8) is 0 Å². The minimum Gasteiger partial charge on any atom is -0.354 e. The molecule has 0 saturated carbocycles. The normalized spacial score (nSPS) is 11.9. The van der Waals surface area contributed by atoms with Crippen LogP contribution in [0.2, 0.25) is 5.02 Å². The number of thioether (sulfide) groups is 1. The van der Waals surface area contributed by atoms with Gasteiger partial charge in [-0.25, -0.2) is 0 Å². The third-order valence-electron chi connectivity index (χ3n) is 4.72. The van der Waals surface area contributed by atoms with E-state index in [-0.39, 0.29) is 11.8 Å². The molecule has 0 aliphatic heterocycles. The molecule has 1 atom stereocenters. The Bertz CT molecular complexity index is 814. The van der Waals surface area contributed by atoms with Crippen molar-refractivity contribution in [2.45, 2.75) is 45.5 Å². The molecule has 0 radical (unpaired) electrons. The maximum absolute atomic E-state index is 13.0. The zero-order chi connectivity index (χ0) is 21.9. The number of nitrogens with one attached hydrogen (secondary N) is 1. The number of nitrogens with zero attached hydrogens (tertiary/aromatic N) is 1. The fourth-order valence-corrected chi connectivity index (χ4v) is 4.00. The zero-order valence-corrected chi connectivity index (χ0v) is 19.5. The van der Waals surface area contributed by atoms with Gasteiger partial charge in [0.05, 0.1) is 0 Å². The molecule has 0 fully saturated rings. The van der Waals surface area contributed by atoms with Gasteiger partial charge in [0.25, 0.3) is 0 Å². The van der Waals surface area contributed by atoms with E-state index in [1.54, 1.807) is 29.7 Å². The van der Waals surface area contributed by atoms with E-state index in [9.17, 15) is 9.59 Å². The molecule has 0 saturated heterocycles. The van der Waals surface area contributed by atoms with Gasteiger partial charge in [-0.05, 0) is 30.0 Å². The van der Waals surface area contributed by atoms with Crippen molar-refractivity contribution in [1.82, 2.24) is 10.2 Å². The van der Waals surface area contributed by atoms with Gasteiger partial charge in [0.1, 0.15) is 6.04 Å². The van der Waals surface area contributed by atoms with E-state index in [0.29, 0.717) is 36.2 Å². The number of carbonyl (C=O) groups excluding carboxylic acids is 2. The van der Waals surface area contributed by atoms with E-state index < -0.39 is 6.04 Å². The Morgan fingerprint density at radius 3 is 2.37 bits per heavy atom. The summed E-state index contributed by atoms with van der Waals surface area (Å²) in [4.78, 5) is 27.3. The first-order valence-electron chi connectivity index (χ1n) is 10.3. The smallest absolute Gasteiger partial charge is 0.242 e. The molecule has 4 nitrogen and oxygen atoms in total. The van der Waals surface area contributed by atoms with Crippen LogP contribution in [0.5, 0.6) is 0 Å². The summed E-state index contributed by atoms with van der Waals surface area (Å²) in [5.74, 6) is 1.74. The minimum atomic E-state index is -0.563. The van der Waals surface area contributed by atoms with E-state index in [0.717, 1.165) is 11.3 Å². The lowest BCUT2D eigenvalue weighted by Gasteiger charge is -2.29. The SMILES string of the molecule is CC(C)CNC(=O)C(C)N(Cc1ccccc1Cl)C(=O)CCSCc1ccccc1. The molecule has 162 valence electrons. The van der Waals surface area contributed by atoms with Crippen LogP contribution in [0.3, 0.4) is 0 Å². The molecular weight excluding hydrogens is 416 g/mol. The highest BCUT2D eigenvalue weighted by Crippen LogP contribution is 2.20. The summed E-state index contributed by atoms with van der Waals surface area (Å²) in [5.41, 5.74) is 2.08. The maximum atomic E-state index is 13.0. The highest BCUT2D eigenvalue weighted by molar-refractivity contribution is 7.98. The van der Waals surface area contributed by atoms with Crippen LogP contribution in [0.1, 0.15) is 38.3 Å². The van der Waals surface area contributed by atoms with Crippen LogP contribution in [0, 0.1) is 5.92 Å². The first-order chi connectivity index (χ1) is 14.4. The van der Waals surface area contributed by atoms with Crippen LogP contribution >= 0.6 is 23.4 Å². The average Bonchev–Trinajstić information content (AvgIpc) is 2.74. The van der Waals surface area contributed by atoms with Crippen LogP contribution in [-0.4, -0.2) is 35.1 Å². The van der Waals surface area contributed by atoms with Gasteiger partial charge in [0.15, 0.2) is 0 Å². The lowest BCUT2D eigenvalue weighted by molar-refractivity contribution is -0.140. The molecule has 0 aromatic heterocycles. The molecule has 2 amide bonds. The van der Waals surface area contributed by atoms with Gasteiger partial charge in [-0.1, -0.05) is 74.0 Å². The van der Waals surface area contributed by atoms with Gasteiger partial charge in [-0.3, -0.25) is 9.59 Å². The average molecular weight is 447 g/mol. The Kier molecular flexibility index (Phi) is 10.2. The fraction of sp³-hybridized carbons (Fsp3) is 0.417. The van der Waals surface area contributed by atoms with Crippen LogP contribution in [0.15, 0.2) is 54.6 Å². The predicted octanol–water partition coefficient (Wildman–Crippen LogP) is 5.15. The van der Waals surface area contributed by atoms with Crippen LogP contribution in [-0.2, 0) is 21.9 Å². The standard InChI is InChI=1S/C24H31ClN2O2S/c1-18(2)15-26-24(29)19(3)27(16-21-11-7-8-12-22(21)25)23(28)13-14-30-17-20-9-5-4-6-10-20/h4-12,18-19H,13-17H2,1-3H3,(H,26,29). The van der Waals surface area contributed by atoms with Crippen molar-refractivity contribution in [2.24, 2.45) is 5.92 Å². The summed E-state index contributed by atoms with van der Waals surface area (Å²) < 4.78 is 0. The van der Waals surface area contributed by atoms with Gasteiger partial charge in [0, 0.05) is 36.0 Å². The fourth-order valence-electron chi connectivity index (χ4n) is 2.91. The second kappa shape index (κ2) is 12.7. The Labute approximate surface area is 189 Å². The van der Waals surface area contributed by atoms with E-state index in [1.807, 2.05) is 50.2 Å². The van der Waals surface area contributed by atoms with Gasteiger partial charge >= 0.3 is 0 Å². The number of carbonyl (C=O) groups is 2. The molecule has 30 heavy (non-hydrogen) atoms. The van der Waals surface area contributed by atoms with Gasteiger partial charge in [0.2, 0.25) is 11.8 Å². The van der Waals surface area contributed by atoms with Crippen molar-refractivity contribution in [3.8, 4) is 0 Å². The zero-order valence-electron chi connectivity index (χ0n) is 17.9. The summed E-state index contributed by atoms with van der Waals surface area (Å²) in [6, 6.07) is 17.1. The number of hydrogen-bond donors (Lipinski definition) is 1. The molecule has 0 bridgehead atoms. The first kappa shape index (κ1) is 24.3. The summed E-state index contributed by atoms with van der Waals surface area (Å²) in [6.45, 7) is 6.77. The lowest BCUT2D eigenvalue weighted by Crippen LogP contribution is -2.48. The van der Waals surface area contributed by atoms with Gasteiger partial charge in [-0.2, -0.15) is 11.8 Å². The van der Waals surface area contributed by atoms with E-state index >= 15 is 0 Å². The Morgan fingerprint density at radius 2 is 1.70 bits per heavy atom. The maximum Gasteiger partial charge on any atom is 0.242 e. The van der Waals surface area contributed by atoms with E-state index in [4.69, 9.17) is 11.6 Å². The highest BCUT2D eigenvalue weighted by Gasteiger charge is 2.26. The Balaban J connectivity index is 2.00. The number of rotatable bonds is 11. The Hall–Kier alpha value is -1.98. The van der Waals surface area contributed by atoms with Crippen molar-refractivity contribution in [3.05, 3.63) is 70.7 Å². The highest BCUT2D eigenvalue weighted by atomic mass is 35.5. The topological polar surface area (TPSA) is 49.4 Å². The second-order valence-electron chi connectivity index (χ2n) is 7.72. The number of hydrogen-bond acceptors (Lipinski definition) is 3. The third kappa shape index (κ3) is 8.04. The van der Waals surface area contributed by atoms with Crippen molar-refractivity contribution in [1.29, 1.82) is 0 Å². The first-order valence-corrected chi connectivity index (χ1v) is 11.8. The van der Waals surface area contributed by atoms with Crippen LogP contribution in [0.4, 0.5) is 0 Å². The number of amides is 2. The van der Waals surface area contributed by atoms with Gasteiger partial charge in [-0.15, -0.1) is 0 Å². The van der Waals surface area contributed by atoms with Crippen molar-refractivity contribution in [2.75, 3.05) is 12.3 Å². The molecule has 2 aromatic rings. The molecule has 2 aromatic carbocycles. The molecule has 6 heteroatoms. The van der Waals surface area contributed by atoms with Crippen LogP contribution < -0.4 is 5.32 Å². The van der Waals surface area contributed by atoms with Crippen molar-refractivity contribution < 1.29 is 9.59 Å². The quantitative estimate of drug-likeness (QED) is 0.485. The summed E-state index contributed by atoms with van der Waals surface area (Å²) >= 11 is 8.03. The third-order valence-corrected chi connectivity index (χ3v) is 6.12. The molecular formula is C24H31ClN2O2S. The van der Waals surface area contributed by atoms with E-state index in [2.05, 4.69) is 17.4 Å². The van der Waals surface area contributed by atoms with Crippen molar-refractivity contribution >= 4 is 35.2 Å². The summed E-state index contributed by atoms with van der Waals surface area (Å²) in [5, 5.41) is 3.54. The van der Waals surface area contributed by atoms with Crippen LogP contribution in [0.25, 0.3) is 0 Å². The van der Waals surface area contributed by atoms with Gasteiger partial charge < -0.3 is 10.2 Å². The molecule has 2 rings (SSSR count). The summed E-state index contributed by atoms with van der Waals surface area (Å²) in [6.07, 6.45) is 0.379. The Morgan fingerprint density at radius 1 is 1.03 bits per heavy atom. The molecule has 0 aliphatic carbocycles. The second-order valence-corrected chi connectivity index (χ2v) is 9.23. The summed E-state index contributed by atoms with van der Waals surface area (Å²) in [7, 11) is 0. The monoisotopic (exact) mass is 446 g/mol. The minimum absolute atomic E-state index is 0.0392. The molecule has 0 heterocycles. The molecule has 0 spiro atoms. The largest absolute Gasteiger partial charge is 0.354 e. The number of benzene rings is 2. The molecule has 1 unspecified atom stereocenters.